The van der Waals surface area contributed by atoms with Gasteiger partial charge >= 0.3 is 0 Å². The Morgan fingerprint density at radius 2 is 1.82 bits per heavy atom. The van der Waals surface area contributed by atoms with E-state index in [9.17, 15) is 12.8 Å². The van der Waals surface area contributed by atoms with E-state index in [1.165, 1.54) is 22.7 Å². The van der Waals surface area contributed by atoms with E-state index in [1.807, 2.05) is 11.0 Å². The van der Waals surface area contributed by atoms with Crippen LogP contribution in [-0.4, -0.2) is 45.2 Å². The highest BCUT2D eigenvalue weighted by Crippen LogP contribution is 2.18. The fourth-order valence-corrected chi connectivity index (χ4v) is 2.78. The van der Waals surface area contributed by atoms with Gasteiger partial charge in [0.2, 0.25) is 10.0 Å². The summed E-state index contributed by atoms with van der Waals surface area (Å²) < 4.78 is 37.2. The fraction of sp³-hybridized carbons (Fsp3) is 0.455. The predicted octanol–water partition coefficient (Wildman–Crippen LogP) is 0.907. The normalized spacial score (nSPS) is 18.4. The van der Waals surface area contributed by atoms with Crippen LogP contribution in [0.3, 0.4) is 0 Å². The van der Waals surface area contributed by atoms with Crippen molar-refractivity contribution in [2.24, 2.45) is 0 Å². The molecule has 94 valence electrons. The Hall–Kier alpha value is -1.14. The molecule has 1 aliphatic heterocycles. The lowest BCUT2D eigenvalue weighted by Crippen LogP contribution is -2.48. The summed E-state index contributed by atoms with van der Waals surface area (Å²) in [6.07, 6.45) is 1.21. The first-order valence-electron chi connectivity index (χ1n) is 5.42. The molecule has 1 aromatic rings. The molecule has 0 amide bonds. The zero-order valence-corrected chi connectivity index (χ0v) is 10.5. The Kier molecular flexibility index (Phi) is 3.35. The van der Waals surface area contributed by atoms with Gasteiger partial charge in [-0.3, -0.25) is 0 Å². The minimum atomic E-state index is -3.11. The Bertz CT molecular complexity index is 496. The molecule has 0 saturated carbocycles. The zero-order valence-electron chi connectivity index (χ0n) is 9.63. The van der Waals surface area contributed by atoms with E-state index in [0.717, 1.165) is 5.69 Å². The van der Waals surface area contributed by atoms with Crippen molar-refractivity contribution in [3.8, 4) is 0 Å². The van der Waals surface area contributed by atoms with Gasteiger partial charge in [-0.25, -0.2) is 12.8 Å². The van der Waals surface area contributed by atoms with Crippen LogP contribution in [0.5, 0.6) is 0 Å². The smallest absolute Gasteiger partial charge is 0.211 e. The number of anilines is 1. The number of benzene rings is 1. The van der Waals surface area contributed by atoms with Gasteiger partial charge in [0.25, 0.3) is 0 Å². The first-order valence-corrected chi connectivity index (χ1v) is 7.27. The molecule has 1 saturated heterocycles. The van der Waals surface area contributed by atoms with Crippen LogP contribution in [0.15, 0.2) is 24.3 Å². The van der Waals surface area contributed by atoms with Gasteiger partial charge in [-0.2, -0.15) is 4.31 Å². The highest BCUT2D eigenvalue weighted by Gasteiger charge is 2.23. The van der Waals surface area contributed by atoms with E-state index in [4.69, 9.17) is 0 Å². The molecule has 4 nitrogen and oxygen atoms in total. The topological polar surface area (TPSA) is 40.6 Å². The fourth-order valence-electron chi connectivity index (χ4n) is 1.95. The van der Waals surface area contributed by atoms with Crippen LogP contribution >= 0.6 is 0 Å². The van der Waals surface area contributed by atoms with Crippen molar-refractivity contribution in [3.63, 3.8) is 0 Å². The maximum absolute atomic E-state index is 13.1. The second-order valence-electron chi connectivity index (χ2n) is 4.13. The van der Waals surface area contributed by atoms with Gasteiger partial charge in [-0.1, -0.05) is 6.07 Å². The third-order valence-corrected chi connectivity index (χ3v) is 4.18. The monoisotopic (exact) mass is 258 g/mol. The molecule has 1 fully saturated rings. The van der Waals surface area contributed by atoms with E-state index >= 15 is 0 Å². The highest BCUT2D eigenvalue weighted by molar-refractivity contribution is 7.88. The third kappa shape index (κ3) is 2.95. The number of sulfonamides is 1. The van der Waals surface area contributed by atoms with Crippen molar-refractivity contribution in [3.05, 3.63) is 30.1 Å². The number of hydrogen-bond donors (Lipinski definition) is 0. The Morgan fingerprint density at radius 3 is 2.35 bits per heavy atom. The van der Waals surface area contributed by atoms with Gasteiger partial charge in [-0.15, -0.1) is 0 Å². The van der Waals surface area contributed by atoms with Gasteiger partial charge in [-0.05, 0) is 18.2 Å². The van der Waals surface area contributed by atoms with E-state index in [1.54, 1.807) is 6.07 Å². The Morgan fingerprint density at radius 1 is 1.18 bits per heavy atom. The summed E-state index contributed by atoms with van der Waals surface area (Å²) >= 11 is 0. The summed E-state index contributed by atoms with van der Waals surface area (Å²) in [7, 11) is -3.11. The minimum Gasteiger partial charge on any atom is -0.369 e. The van der Waals surface area contributed by atoms with Gasteiger partial charge in [0.1, 0.15) is 5.82 Å². The van der Waals surface area contributed by atoms with Crippen molar-refractivity contribution in [2.45, 2.75) is 0 Å². The molecule has 1 aromatic carbocycles. The van der Waals surface area contributed by atoms with Gasteiger partial charge in [0.15, 0.2) is 0 Å². The predicted molar refractivity (Wildman–Crippen MR) is 65.0 cm³/mol. The van der Waals surface area contributed by atoms with Crippen LogP contribution in [0, 0.1) is 5.82 Å². The molecule has 0 spiro atoms. The van der Waals surface area contributed by atoms with E-state index in [-0.39, 0.29) is 5.82 Å². The van der Waals surface area contributed by atoms with Crippen LogP contribution in [0.25, 0.3) is 0 Å². The molecule has 0 aromatic heterocycles. The summed E-state index contributed by atoms with van der Waals surface area (Å²) in [5, 5.41) is 0. The lowest BCUT2D eigenvalue weighted by molar-refractivity contribution is 0.388. The molecule has 0 aliphatic carbocycles. The second kappa shape index (κ2) is 4.62. The molecule has 17 heavy (non-hydrogen) atoms. The SMILES string of the molecule is CS(=O)(=O)N1CCN(c2cccc(F)c2)CC1. The molecule has 0 unspecified atom stereocenters. The molecular formula is C11H15FN2O2S. The Balaban J connectivity index is 2.05. The lowest BCUT2D eigenvalue weighted by atomic mass is 10.2. The van der Waals surface area contributed by atoms with Gasteiger partial charge in [0, 0.05) is 31.9 Å². The summed E-state index contributed by atoms with van der Waals surface area (Å²) in [6, 6.07) is 6.36. The molecular weight excluding hydrogens is 243 g/mol. The molecule has 1 aliphatic rings. The molecule has 0 atom stereocenters. The summed E-state index contributed by atoms with van der Waals surface area (Å²) in [5.74, 6) is -0.270. The van der Waals surface area contributed by atoms with Crippen molar-refractivity contribution in [2.75, 3.05) is 37.3 Å². The molecule has 0 N–H and O–H groups in total. The van der Waals surface area contributed by atoms with Crippen LogP contribution in [0.1, 0.15) is 0 Å². The molecule has 0 radical (unpaired) electrons. The second-order valence-corrected chi connectivity index (χ2v) is 6.11. The number of hydrogen-bond acceptors (Lipinski definition) is 3. The van der Waals surface area contributed by atoms with Crippen molar-refractivity contribution in [1.29, 1.82) is 0 Å². The average molecular weight is 258 g/mol. The molecule has 1 heterocycles. The van der Waals surface area contributed by atoms with Crippen molar-refractivity contribution < 1.29 is 12.8 Å². The summed E-state index contributed by atoms with van der Waals surface area (Å²) in [5.41, 5.74) is 0.804. The zero-order chi connectivity index (χ0) is 12.5. The van der Waals surface area contributed by atoms with E-state index in [2.05, 4.69) is 0 Å². The maximum atomic E-state index is 13.1. The average Bonchev–Trinajstić information content (AvgIpc) is 2.28. The molecule has 2 rings (SSSR count). The Labute approximate surface area is 101 Å². The number of halogens is 1. The first kappa shape index (κ1) is 12.3. The van der Waals surface area contributed by atoms with E-state index in [0.29, 0.717) is 26.2 Å². The largest absolute Gasteiger partial charge is 0.369 e. The van der Waals surface area contributed by atoms with Crippen LogP contribution < -0.4 is 4.90 Å². The first-order chi connectivity index (χ1) is 7.97. The van der Waals surface area contributed by atoms with Crippen LogP contribution in [-0.2, 0) is 10.0 Å². The number of rotatable bonds is 2. The van der Waals surface area contributed by atoms with Gasteiger partial charge in [0.05, 0.1) is 6.26 Å². The molecule has 6 heteroatoms. The standard InChI is InChI=1S/C11H15FN2O2S/c1-17(15,16)14-7-5-13(6-8-14)11-4-2-3-10(12)9-11/h2-4,9H,5-8H2,1H3. The van der Waals surface area contributed by atoms with E-state index < -0.39 is 10.0 Å². The highest BCUT2D eigenvalue weighted by atomic mass is 32.2. The minimum absolute atomic E-state index is 0.270. The lowest BCUT2D eigenvalue weighted by Gasteiger charge is -2.34. The maximum Gasteiger partial charge on any atom is 0.211 e. The van der Waals surface area contributed by atoms with Crippen LogP contribution in [0.2, 0.25) is 0 Å². The van der Waals surface area contributed by atoms with Crippen LogP contribution in [0.4, 0.5) is 10.1 Å². The third-order valence-electron chi connectivity index (χ3n) is 2.88. The summed E-state index contributed by atoms with van der Waals surface area (Å²) in [6.45, 7) is 2.09. The van der Waals surface area contributed by atoms with Crippen molar-refractivity contribution >= 4 is 15.7 Å². The molecule has 0 bridgehead atoms. The quantitative estimate of drug-likeness (QED) is 0.791. The summed E-state index contributed by atoms with van der Waals surface area (Å²) in [4.78, 5) is 1.99. The van der Waals surface area contributed by atoms with Gasteiger partial charge < -0.3 is 4.90 Å². The number of nitrogens with zero attached hydrogens (tertiary/aromatic N) is 2. The number of piperazine rings is 1. The van der Waals surface area contributed by atoms with Crippen molar-refractivity contribution in [1.82, 2.24) is 4.31 Å².